The molecule has 0 N–H and O–H groups in total. The largest absolute Gasteiger partial charge is 1.00 e. The van der Waals surface area contributed by atoms with Gasteiger partial charge in [-0.2, -0.15) is 0 Å². The van der Waals surface area contributed by atoms with Crippen molar-refractivity contribution in [2.75, 3.05) is 0 Å². The van der Waals surface area contributed by atoms with Crippen molar-refractivity contribution in [2.45, 2.75) is 48.9 Å². The van der Waals surface area contributed by atoms with Crippen molar-refractivity contribution < 1.29 is 44.9 Å². The van der Waals surface area contributed by atoms with E-state index in [1.165, 1.54) is 11.1 Å². The fourth-order valence-corrected chi connectivity index (χ4v) is 24.6. The maximum atomic E-state index is 2.53. The summed E-state index contributed by atoms with van der Waals surface area (Å²) in [5.74, 6) is 0. The Morgan fingerprint density at radius 1 is 0.633 bits per heavy atom. The van der Waals surface area contributed by atoms with Crippen molar-refractivity contribution in [2.24, 2.45) is 10.8 Å². The fourth-order valence-electron chi connectivity index (χ4n) is 4.91. The molecule has 0 saturated heterocycles. The Kier molecular flexibility index (Phi) is 7.94. The topological polar surface area (TPSA) is 0 Å². The van der Waals surface area contributed by atoms with Gasteiger partial charge in [0, 0.05) is 0 Å². The summed E-state index contributed by atoms with van der Waals surface area (Å²) < 4.78 is 1.39. The van der Waals surface area contributed by atoms with Crippen LogP contribution in [0.1, 0.15) is 71.1 Å². The third kappa shape index (κ3) is 4.53. The standard InChI is InChI=1S/2C13H15.2ClH.Hf.H2Si/c2*1-13(2,3)12-8-10-6-4-5-7-11(10)9-12;;;;/h2*4-9H,1-3H3;2*1H;;1H2/q;;;;+2;/p-2. The molecule has 2 aromatic rings. The molecule has 0 fully saturated rings. The minimum Gasteiger partial charge on any atom is -1.00 e. The first-order valence-corrected chi connectivity index (χ1v) is 22.9. The number of benzene rings is 2. The zero-order chi connectivity index (χ0) is 20.3. The molecule has 0 saturated carbocycles. The molecule has 2 aromatic carbocycles. The number of rotatable bonds is 2. The van der Waals surface area contributed by atoms with Crippen LogP contribution in [0, 0.1) is 10.8 Å². The van der Waals surface area contributed by atoms with Crippen LogP contribution >= 0.6 is 0 Å². The van der Waals surface area contributed by atoms with Crippen LogP contribution in [-0.2, 0) is 20.1 Å². The Morgan fingerprint density at radius 2 is 0.967 bits per heavy atom. The van der Waals surface area contributed by atoms with E-state index in [2.05, 4.69) is 109 Å². The van der Waals surface area contributed by atoms with Gasteiger partial charge in [0.05, 0.1) is 0 Å². The maximum absolute atomic E-state index is 2.53. The van der Waals surface area contributed by atoms with Gasteiger partial charge in [-0.3, -0.25) is 0 Å². The van der Waals surface area contributed by atoms with Crippen LogP contribution in [0.25, 0.3) is 12.2 Å². The number of hydrogen-bond acceptors (Lipinski definition) is 0. The SMILES string of the molecule is CC(C)(C)C1=Cc2ccccc2[CH]1[Hf+2](=[SiH2])[CH]1C(C(C)(C)C)=Cc2ccccc21.[Cl-].[Cl-]. The van der Waals surface area contributed by atoms with Gasteiger partial charge in [-0.05, 0) is 0 Å². The van der Waals surface area contributed by atoms with Gasteiger partial charge in [-0.15, -0.1) is 0 Å². The van der Waals surface area contributed by atoms with Crippen molar-refractivity contribution in [1.29, 1.82) is 0 Å². The van der Waals surface area contributed by atoms with E-state index in [0.717, 1.165) is 0 Å². The van der Waals surface area contributed by atoms with Gasteiger partial charge >= 0.3 is 181 Å². The Labute approximate surface area is 204 Å². The van der Waals surface area contributed by atoms with Crippen LogP contribution < -0.4 is 24.8 Å². The molecule has 0 aliphatic heterocycles. The van der Waals surface area contributed by atoms with Crippen molar-refractivity contribution in [3.63, 3.8) is 0 Å². The van der Waals surface area contributed by atoms with E-state index in [1.807, 2.05) is 0 Å². The first-order chi connectivity index (χ1) is 13.1. The van der Waals surface area contributed by atoms with E-state index < -0.39 is 20.1 Å². The smallest absolute Gasteiger partial charge is 1.00 e. The second-order valence-corrected chi connectivity index (χ2v) is 25.4. The molecule has 2 aliphatic rings. The summed E-state index contributed by atoms with van der Waals surface area (Å²) in [4.78, 5) is 0. The fraction of sp³-hybridized carbons (Fsp3) is 0.385. The van der Waals surface area contributed by atoms with Gasteiger partial charge in [0.25, 0.3) is 0 Å². The Balaban J connectivity index is 0.00000160. The van der Waals surface area contributed by atoms with E-state index in [-0.39, 0.29) is 35.6 Å². The van der Waals surface area contributed by atoms with Crippen LogP contribution in [-0.4, -0.2) is 6.94 Å². The summed E-state index contributed by atoms with van der Waals surface area (Å²) in [5.41, 5.74) is 9.99. The van der Waals surface area contributed by atoms with Gasteiger partial charge < -0.3 is 24.8 Å². The van der Waals surface area contributed by atoms with Gasteiger partial charge in [-0.25, -0.2) is 0 Å². The van der Waals surface area contributed by atoms with E-state index >= 15 is 0 Å². The minimum absolute atomic E-state index is 0. The summed E-state index contributed by atoms with van der Waals surface area (Å²) in [7, 11) is 0. The summed E-state index contributed by atoms with van der Waals surface area (Å²) in [6, 6.07) is 18.4. The average molecular weight is 622 g/mol. The number of hydrogen-bond donors (Lipinski definition) is 0. The molecule has 0 nitrogen and oxygen atoms in total. The van der Waals surface area contributed by atoms with Crippen LogP contribution in [0.3, 0.4) is 0 Å². The van der Waals surface area contributed by atoms with E-state index in [0.29, 0.717) is 7.35 Å². The third-order valence-corrected chi connectivity index (χ3v) is 22.8. The minimum atomic E-state index is -2.14. The predicted octanol–water partition coefficient (Wildman–Crippen LogP) is 0.530. The Hall–Kier alpha value is -0.413. The van der Waals surface area contributed by atoms with Gasteiger partial charge in [0.1, 0.15) is 0 Å². The van der Waals surface area contributed by atoms with Crippen LogP contribution in [0.4, 0.5) is 0 Å². The monoisotopic (exact) mass is 622 g/mol. The number of fused-ring (bicyclic) bond motifs is 2. The van der Waals surface area contributed by atoms with Crippen molar-refractivity contribution in [1.82, 2.24) is 0 Å². The van der Waals surface area contributed by atoms with E-state index in [1.54, 1.807) is 22.3 Å². The average Bonchev–Trinajstić information content (AvgIpc) is 3.19. The molecule has 30 heavy (non-hydrogen) atoms. The number of allylic oxidation sites excluding steroid dienone is 2. The molecule has 2 aliphatic carbocycles. The molecule has 4 heteroatoms. The van der Waals surface area contributed by atoms with Crippen molar-refractivity contribution in [3.8, 4) is 0 Å². The quantitative estimate of drug-likeness (QED) is 0.430. The second-order valence-electron chi connectivity index (χ2n) is 10.4. The molecule has 0 spiro atoms. The number of halogens is 2. The Bertz CT molecular complexity index is 940. The van der Waals surface area contributed by atoms with Crippen molar-refractivity contribution >= 4 is 19.1 Å². The molecule has 0 amide bonds. The predicted molar refractivity (Wildman–Crippen MR) is 122 cm³/mol. The maximum Gasteiger partial charge on any atom is -1.00 e. The first-order valence-electron chi connectivity index (χ1n) is 10.4. The Morgan fingerprint density at radius 3 is 1.30 bits per heavy atom. The molecule has 2 unspecified atom stereocenters. The summed E-state index contributed by atoms with van der Waals surface area (Å²) in [6.07, 6.45) is 5.06. The summed E-state index contributed by atoms with van der Waals surface area (Å²) in [6.45, 7) is 16.9. The van der Waals surface area contributed by atoms with Crippen LogP contribution in [0.5, 0.6) is 0 Å². The first kappa shape index (κ1) is 25.8. The zero-order valence-corrected chi connectivity index (χ0v) is 25.4. The molecule has 158 valence electrons. The molecular weight excluding hydrogens is 590 g/mol. The second kappa shape index (κ2) is 9.22. The molecule has 2 atom stereocenters. The normalized spacial score (nSPS) is 19.4. The van der Waals surface area contributed by atoms with Crippen LogP contribution in [0.15, 0.2) is 59.7 Å². The van der Waals surface area contributed by atoms with Crippen LogP contribution in [0.2, 0.25) is 0 Å². The molecule has 0 aromatic heterocycles. The molecule has 0 radical (unpaired) electrons. The summed E-state index contributed by atoms with van der Waals surface area (Å²) in [5, 5.41) is 0. The molecule has 4 rings (SSSR count). The zero-order valence-electron chi connectivity index (χ0n) is 18.9. The third-order valence-electron chi connectivity index (χ3n) is 6.33. The molecular formula is C26H32Cl2HfSi. The molecule has 0 bridgehead atoms. The van der Waals surface area contributed by atoms with Gasteiger partial charge in [0.2, 0.25) is 0 Å². The van der Waals surface area contributed by atoms with Crippen molar-refractivity contribution in [3.05, 3.63) is 81.9 Å². The van der Waals surface area contributed by atoms with E-state index in [9.17, 15) is 0 Å². The summed E-state index contributed by atoms with van der Waals surface area (Å²) >= 11 is -2.14. The van der Waals surface area contributed by atoms with E-state index in [4.69, 9.17) is 0 Å². The molecule has 0 heterocycles. The van der Waals surface area contributed by atoms with Gasteiger partial charge in [-0.1, -0.05) is 0 Å². The van der Waals surface area contributed by atoms with Gasteiger partial charge in [0.15, 0.2) is 0 Å².